The summed E-state index contributed by atoms with van der Waals surface area (Å²) in [4.78, 5) is 30.2. The van der Waals surface area contributed by atoms with Crippen LogP contribution in [-0.4, -0.2) is 51.9 Å². The molecule has 126 valence electrons. The van der Waals surface area contributed by atoms with E-state index in [9.17, 15) is 4.79 Å². The predicted octanol–water partition coefficient (Wildman–Crippen LogP) is 2.30. The van der Waals surface area contributed by atoms with E-state index in [-0.39, 0.29) is 5.91 Å². The van der Waals surface area contributed by atoms with Gasteiger partial charge in [-0.25, -0.2) is 9.97 Å². The van der Waals surface area contributed by atoms with E-state index in [1.165, 1.54) is 0 Å². The number of rotatable bonds is 2. The molecule has 1 saturated heterocycles. The number of fused-ring (bicyclic) bond motifs is 1. The van der Waals surface area contributed by atoms with E-state index >= 15 is 0 Å². The van der Waals surface area contributed by atoms with Crippen molar-refractivity contribution in [1.29, 1.82) is 0 Å². The maximum atomic E-state index is 13.1. The Hall–Kier alpha value is -3.02. The molecule has 1 fully saturated rings. The first-order chi connectivity index (χ1) is 12.2. The molecule has 0 unspecified atom stereocenters. The maximum Gasteiger partial charge on any atom is 0.254 e. The number of aryl methyl sites for hydroxylation is 1. The Morgan fingerprint density at radius 2 is 1.72 bits per heavy atom. The zero-order valence-electron chi connectivity index (χ0n) is 14.1. The lowest BCUT2D eigenvalue weighted by Crippen LogP contribution is -2.49. The zero-order chi connectivity index (χ0) is 17.2. The van der Waals surface area contributed by atoms with Gasteiger partial charge in [0.1, 0.15) is 0 Å². The lowest BCUT2D eigenvalue weighted by Gasteiger charge is -2.34. The zero-order valence-corrected chi connectivity index (χ0v) is 14.1. The standard InChI is InChI=1S/C19H19N5O/c1-14-13-16(15-5-2-3-6-17(15)22-14)18(25)23-9-11-24(12-10-23)19-20-7-4-8-21-19/h2-8,13H,9-12H2,1H3. The topological polar surface area (TPSA) is 62.2 Å². The van der Waals surface area contributed by atoms with E-state index in [4.69, 9.17) is 0 Å². The molecule has 1 aliphatic rings. The van der Waals surface area contributed by atoms with Crippen LogP contribution in [0.5, 0.6) is 0 Å². The normalized spacial score (nSPS) is 14.8. The minimum Gasteiger partial charge on any atom is -0.337 e. The van der Waals surface area contributed by atoms with Gasteiger partial charge in [-0.3, -0.25) is 9.78 Å². The van der Waals surface area contributed by atoms with Crippen molar-refractivity contribution in [3.8, 4) is 0 Å². The van der Waals surface area contributed by atoms with Crippen molar-refractivity contribution in [2.45, 2.75) is 6.92 Å². The summed E-state index contributed by atoms with van der Waals surface area (Å²) in [7, 11) is 0. The predicted molar refractivity (Wildman–Crippen MR) is 96.6 cm³/mol. The van der Waals surface area contributed by atoms with Crippen LogP contribution in [0.25, 0.3) is 10.9 Å². The van der Waals surface area contributed by atoms with Crippen molar-refractivity contribution < 1.29 is 4.79 Å². The Kier molecular flexibility index (Phi) is 4.01. The van der Waals surface area contributed by atoms with Crippen LogP contribution in [0.1, 0.15) is 16.1 Å². The largest absolute Gasteiger partial charge is 0.337 e. The fraction of sp³-hybridized carbons (Fsp3) is 0.263. The smallest absolute Gasteiger partial charge is 0.254 e. The summed E-state index contributed by atoms with van der Waals surface area (Å²) in [5.74, 6) is 0.787. The van der Waals surface area contributed by atoms with Crippen molar-refractivity contribution in [3.63, 3.8) is 0 Å². The Bertz CT molecular complexity index is 904. The van der Waals surface area contributed by atoms with E-state index in [1.54, 1.807) is 18.5 Å². The van der Waals surface area contributed by atoms with Crippen molar-refractivity contribution in [2.75, 3.05) is 31.1 Å². The van der Waals surface area contributed by atoms with Crippen LogP contribution in [0, 0.1) is 6.92 Å². The molecule has 3 heterocycles. The van der Waals surface area contributed by atoms with Gasteiger partial charge in [-0.2, -0.15) is 0 Å². The Morgan fingerprint density at radius 1 is 1.00 bits per heavy atom. The third-order valence-electron chi connectivity index (χ3n) is 4.48. The number of benzene rings is 1. The lowest BCUT2D eigenvalue weighted by molar-refractivity contribution is 0.0748. The van der Waals surface area contributed by atoms with Crippen molar-refractivity contribution in [1.82, 2.24) is 19.9 Å². The summed E-state index contributed by atoms with van der Waals surface area (Å²) >= 11 is 0. The molecule has 0 bridgehead atoms. The highest BCUT2D eigenvalue weighted by atomic mass is 16.2. The van der Waals surface area contributed by atoms with Crippen molar-refractivity contribution >= 4 is 22.8 Å². The summed E-state index contributed by atoms with van der Waals surface area (Å²) in [6, 6.07) is 11.5. The third-order valence-corrected chi connectivity index (χ3v) is 4.48. The monoisotopic (exact) mass is 333 g/mol. The molecule has 1 aliphatic heterocycles. The first-order valence-corrected chi connectivity index (χ1v) is 8.40. The molecule has 0 atom stereocenters. The van der Waals surface area contributed by atoms with Gasteiger partial charge in [-0.05, 0) is 25.1 Å². The number of aromatic nitrogens is 3. The van der Waals surface area contributed by atoms with E-state index < -0.39 is 0 Å². The summed E-state index contributed by atoms with van der Waals surface area (Å²) in [6.45, 7) is 4.71. The van der Waals surface area contributed by atoms with Crippen LogP contribution >= 0.6 is 0 Å². The molecule has 0 radical (unpaired) electrons. The number of amides is 1. The summed E-state index contributed by atoms with van der Waals surface area (Å²) in [6.07, 6.45) is 3.48. The first-order valence-electron chi connectivity index (χ1n) is 8.40. The molecular weight excluding hydrogens is 314 g/mol. The lowest BCUT2D eigenvalue weighted by atomic mass is 10.1. The number of nitrogens with zero attached hydrogens (tertiary/aromatic N) is 5. The van der Waals surface area contributed by atoms with Gasteiger partial charge in [0.25, 0.3) is 5.91 Å². The maximum absolute atomic E-state index is 13.1. The van der Waals surface area contributed by atoms with E-state index in [2.05, 4.69) is 19.9 Å². The first kappa shape index (κ1) is 15.5. The van der Waals surface area contributed by atoms with Gasteiger partial charge in [0, 0.05) is 49.7 Å². The van der Waals surface area contributed by atoms with E-state index in [0.29, 0.717) is 13.1 Å². The van der Waals surface area contributed by atoms with Crippen molar-refractivity contribution in [3.05, 3.63) is 60.0 Å². The molecule has 0 saturated carbocycles. The number of carbonyl (C=O) groups excluding carboxylic acids is 1. The minimum absolute atomic E-state index is 0.0651. The fourth-order valence-electron chi connectivity index (χ4n) is 3.22. The molecule has 4 rings (SSSR count). The number of pyridine rings is 1. The number of piperazine rings is 1. The van der Waals surface area contributed by atoms with Crippen LogP contribution in [-0.2, 0) is 0 Å². The van der Waals surface area contributed by atoms with Crippen LogP contribution in [0.4, 0.5) is 5.95 Å². The average Bonchev–Trinajstić information content (AvgIpc) is 2.67. The molecule has 0 spiro atoms. The van der Waals surface area contributed by atoms with Crippen LogP contribution in [0.15, 0.2) is 48.8 Å². The third kappa shape index (κ3) is 3.03. The van der Waals surface area contributed by atoms with Gasteiger partial charge in [-0.1, -0.05) is 18.2 Å². The average molecular weight is 333 g/mol. The molecule has 2 aromatic heterocycles. The summed E-state index contributed by atoms with van der Waals surface area (Å²) < 4.78 is 0. The van der Waals surface area contributed by atoms with Gasteiger partial charge >= 0.3 is 0 Å². The minimum atomic E-state index is 0.0651. The van der Waals surface area contributed by atoms with Crippen LogP contribution < -0.4 is 4.90 Å². The number of hydrogen-bond donors (Lipinski definition) is 0. The van der Waals surface area contributed by atoms with Crippen molar-refractivity contribution in [2.24, 2.45) is 0 Å². The fourth-order valence-corrected chi connectivity index (χ4v) is 3.22. The second-order valence-electron chi connectivity index (χ2n) is 6.16. The number of hydrogen-bond acceptors (Lipinski definition) is 5. The van der Waals surface area contributed by atoms with E-state index in [0.717, 1.165) is 41.2 Å². The molecule has 0 aliphatic carbocycles. The second-order valence-corrected chi connectivity index (χ2v) is 6.16. The van der Waals surface area contributed by atoms with Crippen LogP contribution in [0.3, 0.4) is 0 Å². The molecule has 6 nitrogen and oxygen atoms in total. The molecule has 25 heavy (non-hydrogen) atoms. The molecule has 1 amide bonds. The van der Waals surface area contributed by atoms with Gasteiger partial charge in [-0.15, -0.1) is 0 Å². The molecule has 0 N–H and O–H groups in total. The number of carbonyl (C=O) groups is 1. The molecule has 3 aromatic rings. The Labute approximate surface area is 146 Å². The Balaban J connectivity index is 1.55. The van der Waals surface area contributed by atoms with Gasteiger partial charge in [0.2, 0.25) is 5.95 Å². The summed E-state index contributed by atoms with van der Waals surface area (Å²) in [5.41, 5.74) is 2.45. The van der Waals surface area contributed by atoms with Gasteiger partial charge in [0.05, 0.1) is 11.1 Å². The molecule has 1 aromatic carbocycles. The van der Waals surface area contributed by atoms with E-state index in [1.807, 2.05) is 42.2 Å². The highest BCUT2D eigenvalue weighted by molar-refractivity contribution is 6.06. The Morgan fingerprint density at radius 3 is 2.48 bits per heavy atom. The quantitative estimate of drug-likeness (QED) is 0.720. The second kappa shape index (κ2) is 6.47. The summed E-state index contributed by atoms with van der Waals surface area (Å²) in [5, 5.41) is 0.909. The van der Waals surface area contributed by atoms with Crippen LogP contribution in [0.2, 0.25) is 0 Å². The van der Waals surface area contributed by atoms with Gasteiger partial charge in [0.15, 0.2) is 0 Å². The van der Waals surface area contributed by atoms with Gasteiger partial charge < -0.3 is 9.80 Å². The SMILES string of the molecule is Cc1cc(C(=O)N2CCN(c3ncccn3)CC2)c2ccccc2n1. The highest BCUT2D eigenvalue weighted by Gasteiger charge is 2.24. The number of anilines is 1. The molecule has 6 heteroatoms. The highest BCUT2D eigenvalue weighted by Crippen LogP contribution is 2.21. The molecular formula is C19H19N5O. The number of para-hydroxylation sites is 1.